The maximum Gasteiger partial charge on any atom is 0.303 e. The van der Waals surface area contributed by atoms with Crippen molar-refractivity contribution in [1.82, 2.24) is 0 Å². The highest BCUT2D eigenvalue weighted by atomic mass is 32.2. The van der Waals surface area contributed by atoms with Gasteiger partial charge < -0.3 is 23.7 Å². The zero-order chi connectivity index (χ0) is 21.6. The summed E-state index contributed by atoms with van der Waals surface area (Å²) in [5.41, 5.74) is -0.749. The van der Waals surface area contributed by atoms with E-state index in [4.69, 9.17) is 23.7 Å². The highest BCUT2D eigenvalue weighted by molar-refractivity contribution is 8.01. The van der Waals surface area contributed by atoms with Gasteiger partial charge >= 0.3 is 23.9 Å². The summed E-state index contributed by atoms with van der Waals surface area (Å²) >= 11 is 1.35. The van der Waals surface area contributed by atoms with E-state index in [9.17, 15) is 19.2 Å². The summed E-state index contributed by atoms with van der Waals surface area (Å²) in [6.45, 7) is 10.4. The second-order valence-corrected chi connectivity index (χ2v) is 9.22. The average Bonchev–Trinajstić information content (AvgIpc) is 2.48. The summed E-state index contributed by atoms with van der Waals surface area (Å²) in [5, 5.41) is 0. The lowest BCUT2D eigenvalue weighted by Gasteiger charge is -2.45. The smallest absolute Gasteiger partial charge is 0.303 e. The molecule has 1 saturated heterocycles. The Labute approximate surface area is 168 Å². The van der Waals surface area contributed by atoms with Gasteiger partial charge in [-0.15, -0.1) is 11.8 Å². The lowest BCUT2D eigenvalue weighted by molar-refractivity contribution is -0.237. The minimum absolute atomic E-state index is 0.223. The summed E-state index contributed by atoms with van der Waals surface area (Å²) in [6.07, 6.45) is -4.19. The largest absolute Gasteiger partial charge is 0.463 e. The molecule has 9 nitrogen and oxygen atoms in total. The molecule has 1 heterocycles. The molecule has 160 valence electrons. The fourth-order valence-corrected chi connectivity index (χ4v) is 3.87. The Kier molecular flexibility index (Phi) is 8.75. The van der Waals surface area contributed by atoms with Crippen LogP contribution in [-0.4, -0.2) is 65.1 Å². The number of hydrogen-bond donors (Lipinski definition) is 0. The fourth-order valence-electron chi connectivity index (χ4n) is 2.63. The van der Waals surface area contributed by atoms with Gasteiger partial charge in [0, 0.05) is 32.4 Å². The Morgan fingerprint density at radius 1 is 0.786 bits per heavy atom. The van der Waals surface area contributed by atoms with Crippen molar-refractivity contribution in [1.29, 1.82) is 0 Å². The molecule has 0 unspecified atom stereocenters. The molecule has 0 aromatic rings. The van der Waals surface area contributed by atoms with Gasteiger partial charge in [0.2, 0.25) is 0 Å². The van der Waals surface area contributed by atoms with E-state index in [1.807, 2.05) is 20.8 Å². The Bertz CT molecular complexity index is 598. The molecule has 1 aliphatic heterocycles. The quantitative estimate of drug-likeness (QED) is 0.463. The van der Waals surface area contributed by atoms with Gasteiger partial charge in [-0.3, -0.25) is 19.2 Å². The number of esters is 4. The predicted octanol–water partition coefficient (Wildman–Crippen LogP) is 1.60. The second kappa shape index (κ2) is 10.1. The molecule has 0 N–H and O–H groups in total. The minimum atomic E-state index is -1.13. The van der Waals surface area contributed by atoms with Crippen LogP contribution in [0.3, 0.4) is 0 Å². The predicted molar refractivity (Wildman–Crippen MR) is 99.3 cm³/mol. The van der Waals surface area contributed by atoms with Crippen molar-refractivity contribution in [3.8, 4) is 0 Å². The van der Waals surface area contributed by atoms with E-state index in [1.54, 1.807) is 0 Å². The zero-order valence-corrected chi connectivity index (χ0v) is 18.0. The van der Waals surface area contributed by atoms with Crippen molar-refractivity contribution in [2.45, 2.75) is 83.1 Å². The molecule has 0 aromatic carbocycles. The van der Waals surface area contributed by atoms with Crippen molar-refractivity contribution in [2.75, 3.05) is 6.61 Å². The van der Waals surface area contributed by atoms with Gasteiger partial charge in [-0.2, -0.15) is 0 Å². The normalized spacial score (nSPS) is 27.5. The van der Waals surface area contributed by atoms with E-state index in [0.29, 0.717) is 0 Å². The highest BCUT2D eigenvalue weighted by Crippen LogP contribution is 2.39. The lowest BCUT2D eigenvalue weighted by Crippen LogP contribution is -2.62. The number of carbonyl (C=O) groups excluding carboxylic acids is 4. The molecule has 1 aliphatic rings. The lowest BCUT2D eigenvalue weighted by atomic mass is 9.99. The first kappa shape index (κ1) is 24.2. The van der Waals surface area contributed by atoms with Gasteiger partial charge in [-0.25, -0.2) is 0 Å². The molecule has 0 aliphatic carbocycles. The molecule has 1 fully saturated rings. The molecular weight excluding hydrogens is 392 g/mol. The van der Waals surface area contributed by atoms with Crippen molar-refractivity contribution in [2.24, 2.45) is 0 Å². The zero-order valence-electron chi connectivity index (χ0n) is 17.2. The van der Waals surface area contributed by atoms with E-state index in [0.717, 1.165) is 0 Å². The first-order chi connectivity index (χ1) is 12.8. The van der Waals surface area contributed by atoms with Crippen LogP contribution in [0.25, 0.3) is 0 Å². The van der Waals surface area contributed by atoms with E-state index < -0.39 is 53.7 Å². The molecule has 1 rings (SSSR count). The summed E-state index contributed by atoms with van der Waals surface area (Å²) < 4.78 is 26.8. The number of rotatable bonds is 6. The van der Waals surface area contributed by atoms with Crippen molar-refractivity contribution >= 4 is 35.6 Å². The van der Waals surface area contributed by atoms with Crippen LogP contribution in [0.4, 0.5) is 0 Å². The van der Waals surface area contributed by atoms with Crippen LogP contribution in [0, 0.1) is 0 Å². The van der Waals surface area contributed by atoms with Crippen molar-refractivity contribution < 1.29 is 42.9 Å². The van der Waals surface area contributed by atoms with Crippen LogP contribution in [0.5, 0.6) is 0 Å². The average molecular weight is 420 g/mol. The maximum atomic E-state index is 11.7. The van der Waals surface area contributed by atoms with Crippen molar-refractivity contribution in [3.05, 3.63) is 0 Å². The monoisotopic (exact) mass is 420 g/mol. The van der Waals surface area contributed by atoms with E-state index >= 15 is 0 Å². The standard InChI is InChI=1S/C18H28O9S/c1-9(19)23-8-13-14(24-10(2)20)15(25-11(3)21)16(26-12(4)22)17(27-13)28-18(5,6)7/h13-17H,8H2,1-7H3/t13-,14-,15+,16-,17+/m1/s1. The minimum Gasteiger partial charge on any atom is -0.463 e. The topological polar surface area (TPSA) is 114 Å². The van der Waals surface area contributed by atoms with Gasteiger partial charge in [-0.1, -0.05) is 20.8 Å². The van der Waals surface area contributed by atoms with Crippen LogP contribution >= 0.6 is 11.8 Å². The number of ether oxygens (including phenoxy) is 5. The summed E-state index contributed by atoms with van der Waals surface area (Å²) in [5.74, 6) is -2.45. The second-order valence-electron chi connectivity index (χ2n) is 7.30. The SMILES string of the molecule is CC(=O)OC[C@H]1O[C@@H](SC(C)(C)C)[C@H](OC(C)=O)[C@@H](OC(C)=O)[C@@H]1OC(C)=O. The third kappa shape index (κ3) is 8.05. The Morgan fingerprint density at radius 2 is 1.25 bits per heavy atom. The summed E-state index contributed by atoms with van der Waals surface area (Å²) in [6, 6.07) is 0. The number of hydrogen-bond acceptors (Lipinski definition) is 10. The van der Waals surface area contributed by atoms with E-state index in [-0.39, 0.29) is 11.4 Å². The van der Waals surface area contributed by atoms with Gasteiger partial charge in [0.1, 0.15) is 18.1 Å². The van der Waals surface area contributed by atoms with Crippen LogP contribution in [-0.2, 0) is 42.9 Å². The molecule has 0 bridgehead atoms. The van der Waals surface area contributed by atoms with Crippen LogP contribution in [0.1, 0.15) is 48.5 Å². The first-order valence-corrected chi connectivity index (χ1v) is 9.66. The molecule has 28 heavy (non-hydrogen) atoms. The Morgan fingerprint density at radius 3 is 1.68 bits per heavy atom. The van der Waals surface area contributed by atoms with Crippen molar-refractivity contribution in [3.63, 3.8) is 0 Å². The molecule has 0 saturated carbocycles. The molecular formula is C18H28O9S. The first-order valence-electron chi connectivity index (χ1n) is 8.78. The van der Waals surface area contributed by atoms with E-state index in [1.165, 1.54) is 39.5 Å². The number of thioether (sulfide) groups is 1. The molecule has 5 atom stereocenters. The van der Waals surface area contributed by atoms with Gasteiger partial charge in [-0.05, 0) is 0 Å². The molecule has 0 radical (unpaired) electrons. The van der Waals surface area contributed by atoms with Crippen LogP contribution in [0.2, 0.25) is 0 Å². The van der Waals surface area contributed by atoms with Crippen LogP contribution < -0.4 is 0 Å². The molecule has 0 aromatic heterocycles. The summed E-state index contributed by atoms with van der Waals surface area (Å²) in [7, 11) is 0. The van der Waals surface area contributed by atoms with Gasteiger partial charge in [0.05, 0.1) is 0 Å². The maximum absolute atomic E-state index is 11.7. The van der Waals surface area contributed by atoms with Crippen LogP contribution in [0.15, 0.2) is 0 Å². The van der Waals surface area contributed by atoms with Gasteiger partial charge in [0.25, 0.3) is 0 Å². The Hall–Kier alpha value is -1.81. The third-order valence-electron chi connectivity index (χ3n) is 3.42. The number of carbonyl (C=O) groups is 4. The fraction of sp³-hybridized carbons (Fsp3) is 0.778. The Balaban J connectivity index is 3.33. The third-order valence-corrected chi connectivity index (χ3v) is 4.74. The van der Waals surface area contributed by atoms with E-state index in [2.05, 4.69) is 0 Å². The molecule has 0 spiro atoms. The molecule has 0 amide bonds. The van der Waals surface area contributed by atoms with Gasteiger partial charge in [0.15, 0.2) is 18.3 Å². The highest BCUT2D eigenvalue weighted by Gasteiger charge is 2.53. The summed E-state index contributed by atoms with van der Waals surface area (Å²) in [4.78, 5) is 46.3. The molecule has 10 heteroatoms.